The minimum absolute atomic E-state index is 0.000555. The van der Waals surface area contributed by atoms with Crippen molar-refractivity contribution in [2.75, 3.05) is 25.2 Å². The Bertz CT molecular complexity index is 1140. The first-order valence-electron chi connectivity index (χ1n) is 10.9. The zero-order chi connectivity index (χ0) is 23.9. The molecule has 0 saturated carbocycles. The number of halogens is 1. The molecule has 1 radical (unpaired) electrons. The molecule has 9 nitrogen and oxygen atoms in total. The van der Waals surface area contributed by atoms with Crippen LogP contribution in [-0.4, -0.2) is 73.0 Å². The van der Waals surface area contributed by atoms with Gasteiger partial charge in [0.15, 0.2) is 0 Å². The molecule has 3 aromatic rings. The Kier molecular flexibility index (Phi) is 8.32. The maximum absolute atomic E-state index is 13.0. The number of hydrogen-bond donors (Lipinski definition) is 2. The van der Waals surface area contributed by atoms with E-state index in [0.29, 0.717) is 28.1 Å². The van der Waals surface area contributed by atoms with Crippen LogP contribution in [0.25, 0.3) is 0 Å². The van der Waals surface area contributed by atoms with Crippen LogP contribution in [0.15, 0.2) is 42.9 Å². The van der Waals surface area contributed by atoms with Gasteiger partial charge in [0.25, 0.3) is 0 Å². The molecule has 4 rings (SSSR count). The van der Waals surface area contributed by atoms with E-state index in [1.807, 2.05) is 23.1 Å². The van der Waals surface area contributed by atoms with Crippen molar-refractivity contribution in [1.82, 2.24) is 25.3 Å². The average Bonchev–Trinajstić information content (AvgIpc) is 3.35. The molecule has 1 unspecified atom stereocenters. The van der Waals surface area contributed by atoms with Gasteiger partial charge in [0.05, 0.1) is 0 Å². The van der Waals surface area contributed by atoms with Gasteiger partial charge in [-0.3, -0.25) is 0 Å². The molecule has 0 bridgehead atoms. The van der Waals surface area contributed by atoms with Gasteiger partial charge in [-0.25, -0.2) is 0 Å². The second kappa shape index (κ2) is 11.6. The molecule has 0 aliphatic carbocycles. The van der Waals surface area contributed by atoms with Crippen LogP contribution >= 0.6 is 11.6 Å². The second-order valence-corrected chi connectivity index (χ2v) is 10.3. The van der Waals surface area contributed by atoms with Crippen molar-refractivity contribution in [3.05, 3.63) is 64.8 Å². The summed E-state index contributed by atoms with van der Waals surface area (Å²) in [5.74, 6) is 1.44. The molecule has 1 aliphatic rings. The molecule has 1 aromatic carbocycles. The van der Waals surface area contributed by atoms with Gasteiger partial charge in [0.1, 0.15) is 0 Å². The van der Waals surface area contributed by atoms with Gasteiger partial charge in [0, 0.05) is 0 Å². The van der Waals surface area contributed by atoms with Crippen LogP contribution in [0.4, 0.5) is 5.95 Å². The van der Waals surface area contributed by atoms with E-state index < -0.39 is 15.8 Å². The summed E-state index contributed by atoms with van der Waals surface area (Å²) in [6.07, 6.45) is 6.72. The van der Waals surface area contributed by atoms with E-state index in [1.54, 1.807) is 31.8 Å². The summed E-state index contributed by atoms with van der Waals surface area (Å²) in [4.78, 5) is 32.6. The fourth-order valence-corrected chi connectivity index (χ4v) is 6.14. The van der Waals surface area contributed by atoms with Gasteiger partial charge < -0.3 is 0 Å². The summed E-state index contributed by atoms with van der Waals surface area (Å²) >= 11 is 5.78. The molecule has 0 spiro atoms. The van der Waals surface area contributed by atoms with E-state index in [4.69, 9.17) is 21.3 Å². The summed E-state index contributed by atoms with van der Waals surface area (Å²) in [6, 6.07) is 7.42. The number of carbonyl (C=O) groups excluding carboxylic acids is 1. The third-order valence-corrected chi connectivity index (χ3v) is 8.24. The summed E-state index contributed by atoms with van der Waals surface area (Å²) in [5.41, 5.74) is 1.49. The predicted molar refractivity (Wildman–Crippen MR) is 130 cm³/mol. The third-order valence-electron chi connectivity index (χ3n) is 5.50. The number of ether oxygens (including phenoxy) is 1. The molecule has 3 heterocycles. The fraction of sp³-hybridized carbons (Fsp3) is 0.348. The number of carbonyl (C=O) groups is 1. The summed E-state index contributed by atoms with van der Waals surface area (Å²) in [7, 11) is 1.58. The van der Waals surface area contributed by atoms with E-state index in [-0.39, 0.29) is 25.1 Å². The number of aromatic nitrogens is 4. The van der Waals surface area contributed by atoms with Crippen LogP contribution in [-0.2, 0) is 11.8 Å². The molecule has 2 aromatic heterocycles. The average molecular weight is 544 g/mol. The number of rotatable bonds is 9. The number of hydrogen-bond acceptors (Lipinski definition) is 8. The van der Waals surface area contributed by atoms with Crippen LogP contribution in [0.2, 0.25) is 5.02 Å². The van der Waals surface area contributed by atoms with Crippen molar-refractivity contribution < 1.29 is 14.6 Å². The van der Waals surface area contributed by atoms with E-state index >= 15 is 0 Å². The zero-order valence-electron chi connectivity index (χ0n) is 18.7. The van der Waals surface area contributed by atoms with Crippen LogP contribution in [0.5, 0.6) is 5.75 Å². The Hall–Kier alpha value is -2.74. The van der Waals surface area contributed by atoms with Gasteiger partial charge >= 0.3 is 210 Å². The van der Waals surface area contributed by atoms with Crippen molar-refractivity contribution in [3.63, 3.8) is 0 Å². The van der Waals surface area contributed by atoms with Gasteiger partial charge in [-0.05, 0) is 0 Å². The number of aliphatic hydroxyl groups excluding tert-OH is 1. The summed E-state index contributed by atoms with van der Waals surface area (Å²) < 4.78 is 5.96. The topological polar surface area (TPSA) is 113 Å². The van der Waals surface area contributed by atoms with Gasteiger partial charge in [-0.15, -0.1) is 0 Å². The first-order chi connectivity index (χ1) is 16.6. The second-order valence-electron chi connectivity index (χ2n) is 7.71. The summed E-state index contributed by atoms with van der Waals surface area (Å²) in [6.45, 7) is 1.05. The standard InChI is InChI=1S/C23H25AsClN6O3/c1-34-19-6-5-15(10-18(19)25)11-24-21-17(22(33)28-13-20-26-7-3-8-27-20)12-29-23(30-21)31-9-2-4-16(31)14-32/h3,5-8,10,12,16,32H,2,4,9,11,13-14H2,1H3,(H,28,33). The van der Waals surface area contributed by atoms with Crippen LogP contribution in [0.3, 0.4) is 0 Å². The van der Waals surface area contributed by atoms with E-state index in [2.05, 4.69) is 20.3 Å². The number of nitrogens with zero attached hydrogens (tertiary/aromatic N) is 5. The zero-order valence-corrected chi connectivity index (χ0v) is 21.3. The van der Waals surface area contributed by atoms with E-state index in [9.17, 15) is 9.90 Å². The molecular formula is C23H25AsClN6O3. The number of amides is 1. The van der Waals surface area contributed by atoms with Crippen molar-refractivity contribution in [2.45, 2.75) is 30.6 Å². The molecule has 11 heteroatoms. The predicted octanol–water partition coefficient (Wildman–Crippen LogP) is 1.35. The van der Waals surface area contributed by atoms with Gasteiger partial charge in [-0.2, -0.15) is 0 Å². The monoisotopic (exact) mass is 543 g/mol. The molecule has 2 N–H and O–H groups in total. The number of benzene rings is 1. The van der Waals surface area contributed by atoms with Crippen LogP contribution in [0, 0.1) is 0 Å². The van der Waals surface area contributed by atoms with E-state index in [0.717, 1.165) is 34.6 Å². The Balaban J connectivity index is 1.56. The maximum atomic E-state index is 13.0. The minimum atomic E-state index is -0.507. The molecule has 1 amide bonds. The molecule has 1 atom stereocenters. The third kappa shape index (κ3) is 5.84. The van der Waals surface area contributed by atoms with Crippen LogP contribution in [0.1, 0.15) is 34.6 Å². The molecule has 177 valence electrons. The van der Waals surface area contributed by atoms with Crippen molar-refractivity contribution in [3.8, 4) is 5.75 Å². The first-order valence-corrected chi connectivity index (χ1v) is 13.5. The normalized spacial score (nSPS) is 15.7. The Morgan fingerprint density at radius 3 is 2.88 bits per heavy atom. The van der Waals surface area contributed by atoms with E-state index in [1.165, 1.54) is 0 Å². The SMILES string of the molecule is COc1ccc(C[As]c2nc(N3CCCC3CO)ncc2C(=O)NCc2ncccn2)cc1Cl. The number of anilines is 1. The van der Waals surface area contributed by atoms with Gasteiger partial charge in [0.2, 0.25) is 0 Å². The van der Waals surface area contributed by atoms with Gasteiger partial charge in [-0.1, -0.05) is 0 Å². The molecular weight excluding hydrogens is 519 g/mol. The number of nitrogens with one attached hydrogen (secondary N) is 1. The summed E-state index contributed by atoms with van der Waals surface area (Å²) in [5, 5.41) is 13.9. The Morgan fingerprint density at radius 1 is 1.32 bits per heavy atom. The first kappa shape index (κ1) is 24.4. The van der Waals surface area contributed by atoms with Crippen molar-refractivity contribution in [1.29, 1.82) is 0 Å². The quantitative estimate of drug-likeness (QED) is 0.389. The molecule has 1 fully saturated rings. The Labute approximate surface area is 209 Å². The number of methoxy groups -OCH3 is 1. The molecule has 1 saturated heterocycles. The Morgan fingerprint density at radius 2 is 2.15 bits per heavy atom. The molecule has 34 heavy (non-hydrogen) atoms. The molecule has 1 aliphatic heterocycles. The van der Waals surface area contributed by atoms with Crippen LogP contribution < -0.4 is 19.4 Å². The van der Waals surface area contributed by atoms with Crippen molar-refractivity contribution in [2.24, 2.45) is 0 Å². The number of aliphatic hydroxyl groups is 1. The van der Waals surface area contributed by atoms with Crippen molar-refractivity contribution >= 4 is 43.7 Å². The fourth-order valence-electron chi connectivity index (χ4n) is 3.72.